The molecule has 0 aliphatic heterocycles. The number of thiophene rings is 1. The standard InChI is InChI=1S/C13H17BrN4S2/c1-16(7-10-5-6-11(14)20-10)8-18-13(19)17(2)12(15-18)9-3-4-9/h5-6,9H,3-4,7-8H2,1-2H3/p+1. The second-order valence-electron chi connectivity index (χ2n) is 5.47. The molecular weight excluding hydrogens is 356 g/mol. The molecule has 2 aromatic rings. The topological polar surface area (TPSA) is 27.2 Å². The van der Waals surface area contributed by atoms with Crippen LogP contribution in [0.1, 0.15) is 29.5 Å². The van der Waals surface area contributed by atoms with E-state index in [1.165, 1.54) is 26.4 Å². The number of hydrogen-bond donors (Lipinski definition) is 1. The van der Waals surface area contributed by atoms with Crippen LogP contribution in [-0.2, 0) is 20.3 Å². The number of aromatic nitrogens is 3. The van der Waals surface area contributed by atoms with Crippen LogP contribution in [-0.4, -0.2) is 21.4 Å². The molecule has 0 amide bonds. The number of halogens is 1. The maximum Gasteiger partial charge on any atom is 0.202 e. The molecule has 1 atom stereocenters. The van der Waals surface area contributed by atoms with Gasteiger partial charge in [-0.05, 0) is 53.1 Å². The molecule has 1 unspecified atom stereocenters. The highest BCUT2D eigenvalue weighted by molar-refractivity contribution is 9.11. The summed E-state index contributed by atoms with van der Waals surface area (Å²) in [5, 5.41) is 4.71. The summed E-state index contributed by atoms with van der Waals surface area (Å²) in [4.78, 5) is 2.76. The van der Waals surface area contributed by atoms with Crippen LogP contribution in [0.25, 0.3) is 0 Å². The lowest BCUT2D eigenvalue weighted by Crippen LogP contribution is -3.06. The molecule has 20 heavy (non-hydrogen) atoms. The van der Waals surface area contributed by atoms with Crippen LogP contribution in [0.4, 0.5) is 0 Å². The van der Waals surface area contributed by atoms with Gasteiger partial charge in [0.25, 0.3) is 0 Å². The molecule has 1 N–H and O–H groups in total. The SMILES string of the molecule is Cn1c(C2CC2)nn(C[NH+](C)Cc2ccc(Br)s2)c1=S. The Kier molecular flexibility index (Phi) is 4.12. The van der Waals surface area contributed by atoms with Gasteiger partial charge in [-0.3, -0.25) is 0 Å². The lowest BCUT2D eigenvalue weighted by atomic mass is 10.4. The van der Waals surface area contributed by atoms with E-state index >= 15 is 0 Å². The number of hydrogen-bond acceptors (Lipinski definition) is 3. The van der Waals surface area contributed by atoms with Crippen molar-refractivity contribution in [1.82, 2.24) is 14.3 Å². The molecule has 2 aromatic heterocycles. The molecule has 0 saturated heterocycles. The first kappa shape index (κ1) is 14.4. The summed E-state index contributed by atoms with van der Waals surface area (Å²) >= 11 is 10.8. The zero-order chi connectivity index (χ0) is 14.3. The first-order chi connectivity index (χ1) is 9.54. The lowest BCUT2D eigenvalue weighted by Gasteiger charge is -2.12. The fourth-order valence-electron chi connectivity index (χ4n) is 2.36. The van der Waals surface area contributed by atoms with Crippen LogP contribution < -0.4 is 4.90 Å². The summed E-state index contributed by atoms with van der Waals surface area (Å²) in [6.07, 6.45) is 2.51. The molecule has 108 valence electrons. The van der Waals surface area contributed by atoms with Gasteiger partial charge in [0.05, 0.1) is 15.7 Å². The fraction of sp³-hybridized carbons (Fsp3) is 0.538. The van der Waals surface area contributed by atoms with Gasteiger partial charge >= 0.3 is 0 Å². The van der Waals surface area contributed by atoms with Crippen molar-refractivity contribution in [3.63, 3.8) is 0 Å². The summed E-state index contributed by atoms with van der Waals surface area (Å²) in [5.74, 6) is 1.79. The van der Waals surface area contributed by atoms with E-state index in [0.717, 1.165) is 23.8 Å². The van der Waals surface area contributed by atoms with E-state index in [4.69, 9.17) is 17.3 Å². The predicted octanol–water partition coefficient (Wildman–Crippen LogP) is 2.32. The second kappa shape index (κ2) is 5.71. The first-order valence-electron chi connectivity index (χ1n) is 6.74. The van der Waals surface area contributed by atoms with Crippen molar-refractivity contribution in [2.45, 2.75) is 32.0 Å². The van der Waals surface area contributed by atoms with E-state index in [9.17, 15) is 0 Å². The molecule has 0 spiro atoms. The van der Waals surface area contributed by atoms with Crippen LogP contribution in [0.3, 0.4) is 0 Å². The number of quaternary nitrogens is 1. The van der Waals surface area contributed by atoms with Crippen molar-refractivity contribution in [3.8, 4) is 0 Å². The minimum atomic E-state index is 0.636. The van der Waals surface area contributed by atoms with Gasteiger partial charge in [0.2, 0.25) is 4.77 Å². The zero-order valence-electron chi connectivity index (χ0n) is 11.6. The van der Waals surface area contributed by atoms with E-state index in [2.05, 4.69) is 39.7 Å². The minimum absolute atomic E-state index is 0.636. The van der Waals surface area contributed by atoms with Crippen molar-refractivity contribution in [1.29, 1.82) is 0 Å². The van der Waals surface area contributed by atoms with E-state index in [1.807, 2.05) is 11.7 Å². The van der Waals surface area contributed by atoms with Crippen molar-refractivity contribution < 1.29 is 4.90 Å². The lowest BCUT2D eigenvalue weighted by molar-refractivity contribution is -0.917. The van der Waals surface area contributed by atoms with Crippen LogP contribution in [0.15, 0.2) is 15.9 Å². The summed E-state index contributed by atoms with van der Waals surface area (Å²) in [6, 6.07) is 4.27. The predicted molar refractivity (Wildman–Crippen MR) is 86.6 cm³/mol. The monoisotopic (exact) mass is 373 g/mol. The fourth-order valence-corrected chi connectivity index (χ4v) is 4.16. The molecule has 3 rings (SSSR count). The summed E-state index contributed by atoms with van der Waals surface area (Å²) in [7, 11) is 4.21. The highest BCUT2D eigenvalue weighted by Crippen LogP contribution is 2.38. The average molecular weight is 374 g/mol. The Bertz CT molecular complexity index is 668. The van der Waals surface area contributed by atoms with E-state index in [-0.39, 0.29) is 0 Å². The van der Waals surface area contributed by atoms with E-state index in [0.29, 0.717) is 5.92 Å². The van der Waals surface area contributed by atoms with Crippen molar-refractivity contribution in [2.75, 3.05) is 7.05 Å². The van der Waals surface area contributed by atoms with Crippen LogP contribution in [0, 0.1) is 4.77 Å². The number of nitrogens with one attached hydrogen (secondary N) is 1. The van der Waals surface area contributed by atoms with Crippen LogP contribution >= 0.6 is 39.5 Å². The number of rotatable bonds is 5. The van der Waals surface area contributed by atoms with Gasteiger partial charge in [-0.25, -0.2) is 0 Å². The minimum Gasteiger partial charge on any atom is -0.314 e. The molecule has 7 heteroatoms. The third-order valence-corrected chi connectivity index (χ3v) is 5.65. The Balaban J connectivity index is 1.71. The third-order valence-electron chi connectivity index (χ3n) is 3.54. The van der Waals surface area contributed by atoms with Gasteiger partial charge in [-0.2, -0.15) is 9.78 Å². The Hall–Kier alpha value is -0.500. The highest BCUT2D eigenvalue weighted by atomic mass is 79.9. The summed E-state index contributed by atoms with van der Waals surface area (Å²) < 4.78 is 6.06. The van der Waals surface area contributed by atoms with Gasteiger partial charge in [0.1, 0.15) is 12.4 Å². The summed E-state index contributed by atoms with van der Waals surface area (Å²) in [5.41, 5.74) is 0. The first-order valence-corrected chi connectivity index (χ1v) is 8.75. The molecule has 0 aromatic carbocycles. The van der Waals surface area contributed by atoms with Gasteiger partial charge in [0, 0.05) is 13.0 Å². The molecule has 0 radical (unpaired) electrons. The normalized spacial score (nSPS) is 16.6. The largest absolute Gasteiger partial charge is 0.314 e. The van der Waals surface area contributed by atoms with E-state index < -0.39 is 0 Å². The maximum absolute atomic E-state index is 5.49. The molecule has 1 aliphatic rings. The Morgan fingerprint density at radius 1 is 1.50 bits per heavy atom. The van der Waals surface area contributed by atoms with Crippen molar-refractivity contribution in [3.05, 3.63) is 31.4 Å². The molecule has 1 saturated carbocycles. The van der Waals surface area contributed by atoms with Gasteiger partial charge in [-0.15, -0.1) is 11.3 Å². The second-order valence-corrected chi connectivity index (χ2v) is 8.38. The Labute approximate surface area is 136 Å². The van der Waals surface area contributed by atoms with Gasteiger partial charge < -0.3 is 9.47 Å². The molecule has 1 fully saturated rings. The molecule has 4 nitrogen and oxygen atoms in total. The maximum atomic E-state index is 5.49. The molecule has 0 bridgehead atoms. The van der Waals surface area contributed by atoms with Crippen LogP contribution in [0.2, 0.25) is 0 Å². The Morgan fingerprint density at radius 3 is 2.85 bits per heavy atom. The average Bonchev–Trinajstić information content (AvgIpc) is 3.11. The van der Waals surface area contributed by atoms with Gasteiger partial charge in [0.15, 0.2) is 6.67 Å². The molecular formula is C13H18BrN4S2+. The Morgan fingerprint density at radius 2 is 2.25 bits per heavy atom. The molecule has 2 heterocycles. The van der Waals surface area contributed by atoms with E-state index in [1.54, 1.807) is 11.3 Å². The van der Waals surface area contributed by atoms with Crippen molar-refractivity contribution >= 4 is 39.5 Å². The highest BCUT2D eigenvalue weighted by Gasteiger charge is 2.29. The third kappa shape index (κ3) is 3.05. The zero-order valence-corrected chi connectivity index (χ0v) is 14.8. The number of nitrogens with zero attached hydrogens (tertiary/aromatic N) is 3. The van der Waals surface area contributed by atoms with Crippen molar-refractivity contribution in [2.24, 2.45) is 7.05 Å². The smallest absolute Gasteiger partial charge is 0.202 e. The van der Waals surface area contributed by atoms with Gasteiger partial charge in [-0.1, -0.05) is 0 Å². The van der Waals surface area contributed by atoms with Crippen LogP contribution in [0.5, 0.6) is 0 Å². The quantitative estimate of drug-likeness (QED) is 0.814. The summed E-state index contributed by atoms with van der Waals surface area (Å²) in [6.45, 7) is 1.81. The molecule has 1 aliphatic carbocycles.